The zero-order chi connectivity index (χ0) is 18.5. The molecule has 0 saturated heterocycles. The molecule has 0 bridgehead atoms. The second-order valence-electron chi connectivity index (χ2n) is 5.63. The van der Waals surface area contributed by atoms with Gasteiger partial charge >= 0.3 is 13.6 Å². The Balaban J connectivity index is 3.24. The molecule has 0 radical (unpaired) electrons. The Hall–Kier alpha value is -0.790. The van der Waals surface area contributed by atoms with Crippen LogP contribution in [0.2, 0.25) is 0 Å². The number of ether oxygens (including phenoxy) is 1. The highest BCUT2D eigenvalue weighted by Crippen LogP contribution is 2.62. The Morgan fingerprint density at radius 2 is 1.75 bits per heavy atom. The van der Waals surface area contributed by atoms with Gasteiger partial charge in [0, 0.05) is 0 Å². The Kier molecular flexibility index (Phi) is 8.02. The van der Waals surface area contributed by atoms with Crippen LogP contribution in [0.15, 0.2) is 0 Å². The molecular formula is C15H26NO6PS. The largest absolute Gasteiger partial charge is 0.461 e. The van der Waals surface area contributed by atoms with Gasteiger partial charge in [0.05, 0.1) is 29.4 Å². The minimum absolute atomic E-state index is 0.114. The van der Waals surface area contributed by atoms with E-state index in [9.17, 15) is 14.5 Å². The Morgan fingerprint density at radius 1 is 1.21 bits per heavy atom. The normalized spacial score (nSPS) is 13.5. The van der Waals surface area contributed by atoms with Crippen LogP contribution in [-0.4, -0.2) is 34.9 Å². The van der Waals surface area contributed by atoms with Crippen LogP contribution in [0.25, 0.3) is 0 Å². The molecule has 0 amide bonds. The first-order chi connectivity index (χ1) is 11.1. The van der Waals surface area contributed by atoms with E-state index in [0.29, 0.717) is 17.0 Å². The first kappa shape index (κ1) is 21.3. The SMILES string of the molecule is CCOC(=O)c1nc(CC)c(C(O)P(=O)(OC(C)C)OC(C)C)s1. The summed E-state index contributed by atoms with van der Waals surface area (Å²) in [6, 6.07) is 0. The van der Waals surface area contributed by atoms with E-state index in [1.807, 2.05) is 6.92 Å². The maximum Gasteiger partial charge on any atom is 0.367 e. The van der Waals surface area contributed by atoms with Crippen molar-refractivity contribution in [3.05, 3.63) is 15.6 Å². The first-order valence-corrected chi connectivity index (χ1v) is 10.4. The third-order valence-corrected chi connectivity index (χ3v) is 6.36. The van der Waals surface area contributed by atoms with Crippen molar-refractivity contribution in [3.63, 3.8) is 0 Å². The molecule has 0 aliphatic rings. The maximum absolute atomic E-state index is 13.1. The zero-order valence-electron chi connectivity index (χ0n) is 14.9. The van der Waals surface area contributed by atoms with Crippen molar-refractivity contribution in [1.29, 1.82) is 0 Å². The van der Waals surface area contributed by atoms with Gasteiger partial charge < -0.3 is 18.9 Å². The number of rotatable bonds is 9. The number of esters is 1. The third-order valence-electron chi connectivity index (χ3n) is 2.76. The van der Waals surface area contributed by atoms with Crippen LogP contribution in [-0.2, 0) is 24.8 Å². The number of carbonyl (C=O) groups excluding carboxylic acids is 1. The zero-order valence-corrected chi connectivity index (χ0v) is 16.6. The van der Waals surface area contributed by atoms with Gasteiger partial charge in [-0.25, -0.2) is 9.78 Å². The maximum atomic E-state index is 13.1. The van der Waals surface area contributed by atoms with Gasteiger partial charge in [-0.1, -0.05) is 6.92 Å². The highest BCUT2D eigenvalue weighted by atomic mass is 32.1. The van der Waals surface area contributed by atoms with Crippen LogP contribution < -0.4 is 0 Å². The molecule has 0 fully saturated rings. The highest BCUT2D eigenvalue weighted by molar-refractivity contribution is 7.54. The molecule has 7 nitrogen and oxygen atoms in total. The molecular weight excluding hydrogens is 353 g/mol. The topological polar surface area (TPSA) is 95.0 Å². The summed E-state index contributed by atoms with van der Waals surface area (Å²) >= 11 is 0.953. The molecule has 1 rings (SSSR count). The second kappa shape index (κ2) is 9.06. The predicted molar refractivity (Wildman–Crippen MR) is 92.5 cm³/mol. The quantitative estimate of drug-likeness (QED) is 0.513. The first-order valence-electron chi connectivity index (χ1n) is 7.95. The molecule has 138 valence electrons. The van der Waals surface area contributed by atoms with Crippen LogP contribution in [0.3, 0.4) is 0 Å². The van der Waals surface area contributed by atoms with Crippen molar-refractivity contribution < 1.29 is 28.3 Å². The number of aliphatic hydroxyl groups excluding tert-OH is 1. The molecule has 24 heavy (non-hydrogen) atoms. The average Bonchev–Trinajstić information content (AvgIpc) is 2.89. The van der Waals surface area contributed by atoms with Crippen LogP contribution in [0.4, 0.5) is 0 Å². The minimum atomic E-state index is -3.84. The number of carbonyl (C=O) groups is 1. The summed E-state index contributed by atoms with van der Waals surface area (Å²) in [6.07, 6.45) is -0.329. The van der Waals surface area contributed by atoms with Gasteiger partial charge in [-0.3, -0.25) is 4.57 Å². The Labute approximate surface area is 146 Å². The monoisotopic (exact) mass is 379 g/mol. The molecule has 9 heteroatoms. The van der Waals surface area contributed by atoms with E-state index >= 15 is 0 Å². The van der Waals surface area contributed by atoms with E-state index in [-0.39, 0.29) is 11.6 Å². The van der Waals surface area contributed by atoms with E-state index in [2.05, 4.69) is 4.98 Å². The number of hydrogen-bond donors (Lipinski definition) is 1. The fourth-order valence-corrected chi connectivity index (χ4v) is 5.33. The van der Waals surface area contributed by atoms with Crippen LogP contribution >= 0.6 is 18.9 Å². The summed E-state index contributed by atoms with van der Waals surface area (Å²) < 4.78 is 28.9. The van der Waals surface area contributed by atoms with E-state index in [1.54, 1.807) is 34.6 Å². The van der Waals surface area contributed by atoms with Crippen molar-refractivity contribution >= 4 is 24.9 Å². The number of aryl methyl sites for hydroxylation is 1. The molecule has 0 aromatic carbocycles. The van der Waals surface area contributed by atoms with E-state index < -0.39 is 31.6 Å². The number of aliphatic hydroxyl groups is 1. The summed E-state index contributed by atoms with van der Waals surface area (Å²) in [5.74, 6) is -2.07. The third kappa shape index (κ3) is 5.36. The summed E-state index contributed by atoms with van der Waals surface area (Å²) in [7, 11) is -3.84. The van der Waals surface area contributed by atoms with Crippen molar-refractivity contribution in [2.45, 2.75) is 66.0 Å². The number of hydrogen-bond acceptors (Lipinski definition) is 8. The lowest BCUT2D eigenvalue weighted by Gasteiger charge is -2.26. The molecule has 1 unspecified atom stereocenters. The predicted octanol–water partition coefficient (Wildman–Crippen LogP) is 3.92. The molecule has 1 atom stereocenters. The van der Waals surface area contributed by atoms with E-state index in [4.69, 9.17) is 13.8 Å². The summed E-state index contributed by atoms with van der Waals surface area (Å²) in [5.41, 5.74) is 0.482. The number of nitrogens with zero attached hydrogens (tertiary/aromatic N) is 1. The van der Waals surface area contributed by atoms with Crippen LogP contribution in [0.5, 0.6) is 0 Å². The molecule has 1 N–H and O–H groups in total. The van der Waals surface area contributed by atoms with E-state index in [0.717, 1.165) is 11.3 Å². The average molecular weight is 379 g/mol. The van der Waals surface area contributed by atoms with Gasteiger partial charge in [0.25, 0.3) is 0 Å². The molecule has 0 saturated carbocycles. The lowest BCUT2D eigenvalue weighted by molar-refractivity contribution is 0.0525. The second-order valence-corrected chi connectivity index (χ2v) is 8.65. The minimum Gasteiger partial charge on any atom is -0.461 e. The fourth-order valence-electron chi connectivity index (χ4n) is 1.97. The van der Waals surface area contributed by atoms with Gasteiger partial charge in [-0.15, -0.1) is 11.3 Å². The van der Waals surface area contributed by atoms with E-state index in [1.165, 1.54) is 0 Å². The highest BCUT2D eigenvalue weighted by Gasteiger charge is 2.41. The molecule has 1 heterocycles. The number of thiazole rings is 1. The lowest BCUT2D eigenvalue weighted by Crippen LogP contribution is -2.13. The fraction of sp³-hybridized carbons (Fsp3) is 0.733. The van der Waals surface area contributed by atoms with Gasteiger partial charge in [0.15, 0.2) is 5.85 Å². The van der Waals surface area contributed by atoms with Crippen molar-refractivity contribution in [2.75, 3.05) is 6.61 Å². The molecule has 0 spiro atoms. The smallest absolute Gasteiger partial charge is 0.367 e. The van der Waals surface area contributed by atoms with Crippen molar-refractivity contribution in [2.24, 2.45) is 0 Å². The molecule has 1 aromatic rings. The summed E-state index contributed by atoms with van der Waals surface area (Å²) in [6.45, 7) is 10.6. The Bertz CT molecular complexity index is 587. The van der Waals surface area contributed by atoms with Gasteiger partial charge in [0.1, 0.15) is 0 Å². The van der Waals surface area contributed by atoms with Crippen molar-refractivity contribution in [1.82, 2.24) is 4.98 Å². The molecule has 0 aliphatic carbocycles. The van der Waals surface area contributed by atoms with Crippen LogP contribution in [0.1, 0.15) is 67.8 Å². The summed E-state index contributed by atoms with van der Waals surface area (Å²) in [4.78, 5) is 16.4. The lowest BCUT2D eigenvalue weighted by atomic mass is 10.3. The molecule has 1 aromatic heterocycles. The standard InChI is InChI=1S/C15H26NO6PS/c1-7-11-12(24-13(16-11)14(17)20-8-2)15(18)23(19,21-9(3)4)22-10(5)6/h9-10,15,18H,7-8H2,1-6H3. The van der Waals surface area contributed by atoms with Gasteiger partial charge in [-0.05, 0) is 41.0 Å². The molecule has 0 aliphatic heterocycles. The summed E-state index contributed by atoms with van der Waals surface area (Å²) in [5, 5.41) is 10.8. The van der Waals surface area contributed by atoms with Gasteiger partial charge in [0.2, 0.25) is 5.01 Å². The van der Waals surface area contributed by atoms with Crippen LogP contribution in [0, 0.1) is 0 Å². The number of aromatic nitrogens is 1. The Morgan fingerprint density at radius 3 is 2.17 bits per heavy atom. The van der Waals surface area contributed by atoms with Crippen molar-refractivity contribution in [3.8, 4) is 0 Å². The van der Waals surface area contributed by atoms with Gasteiger partial charge in [-0.2, -0.15) is 0 Å².